The Morgan fingerprint density at radius 2 is 2.30 bits per heavy atom. The van der Waals surface area contributed by atoms with Crippen molar-refractivity contribution in [2.45, 2.75) is 25.0 Å². The number of carbonyl (C=O) groups excluding carboxylic acids is 1. The highest BCUT2D eigenvalue weighted by Gasteiger charge is 2.30. The van der Waals surface area contributed by atoms with Gasteiger partial charge in [-0.1, -0.05) is 12.1 Å². The lowest BCUT2D eigenvalue weighted by Crippen LogP contribution is -2.33. The SMILES string of the molecule is NC(C[C@@H]1CCNC1=O)C(O)c1nc2ccccc2o1. The topological polar surface area (TPSA) is 101 Å². The fraction of sp³-hybridized carbons (Fsp3) is 0.429. The van der Waals surface area contributed by atoms with E-state index >= 15 is 0 Å². The molecule has 2 heterocycles. The van der Waals surface area contributed by atoms with Gasteiger partial charge in [0.15, 0.2) is 5.58 Å². The maximum absolute atomic E-state index is 11.5. The van der Waals surface area contributed by atoms with Crippen LogP contribution in [0.15, 0.2) is 28.7 Å². The van der Waals surface area contributed by atoms with Crippen molar-refractivity contribution in [1.29, 1.82) is 0 Å². The van der Waals surface area contributed by atoms with Crippen LogP contribution in [-0.4, -0.2) is 28.6 Å². The van der Waals surface area contributed by atoms with E-state index in [9.17, 15) is 9.90 Å². The maximum Gasteiger partial charge on any atom is 0.225 e. The summed E-state index contributed by atoms with van der Waals surface area (Å²) in [6.07, 6.45) is 0.175. The van der Waals surface area contributed by atoms with Gasteiger partial charge in [-0.2, -0.15) is 0 Å². The molecule has 3 rings (SSSR count). The first kappa shape index (κ1) is 13.1. The van der Waals surface area contributed by atoms with Crippen LogP contribution in [0.5, 0.6) is 0 Å². The Labute approximate surface area is 116 Å². The monoisotopic (exact) mass is 275 g/mol. The van der Waals surface area contributed by atoms with Crippen molar-refractivity contribution in [2.24, 2.45) is 11.7 Å². The van der Waals surface area contributed by atoms with Gasteiger partial charge in [0.25, 0.3) is 0 Å². The number of carbonyl (C=O) groups is 1. The van der Waals surface area contributed by atoms with Crippen LogP contribution in [0.4, 0.5) is 0 Å². The number of rotatable bonds is 4. The molecule has 1 amide bonds. The van der Waals surface area contributed by atoms with Gasteiger partial charge in [0.05, 0.1) is 0 Å². The summed E-state index contributed by atoms with van der Waals surface area (Å²) in [5.41, 5.74) is 7.29. The molecule has 20 heavy (non-hydrogen) atoms. The molecule has 2 aromatic rings. The Morgan fingerprint density at radius 3 is 3.00 bits per heavy atom. The molecular formula is C14H17N3O3. The highest BCUT2D eigenvalue weighted by atomic mass is 16.4. The minimum atomic E-state index is -1.00. The molecule has 0 aliphatic carbocycles. The molecule has 1 saturated heterocycles. The summed E-state index contributed by atoms with van der Waals surface area (Å²) in [6, 6.07) is 6.72. The molecule has 6 nitrogen and oxygen atoms in total. The van der Waals surface area contributed by atoms with Crippen LogP contribution in [0.1, 0.15) is 24.8 Å². The van der Waals surface area contributed by atoms with Crippen LogP contribution >= 0.6 is 0 Å². The maximum atomic E-state index is 11.5. The van der Waals surface area contributed by atoms with Gasteiger partial charge >= 0.3 is 0 Å². The van der Waals surface area contributed by atoms with E-state index in [4.69, 9.17) is 10.2 Å². The Bertz CT molecular complexity index is 592. The van der Waals surface area contributed by atoms with Crippen LogP contribution in [-0.2, 0) is 4.79 Å². The predicted octanol–water partition coefficient (Wildman–Crippen LogP) is 0.715. The molecule has 0 radical (unpaired) electrons. The molecule has 1 aliphatic heterocycles. The second-order valence-corrected chi connectivity index (χ2v) is 5.14. The minimum absolute atomic E-state index is 0.00483. The highest BCUT2D eigenvalue weighted by Crippen LogP contribution is 2.25. The number of nitrogens with zero attached hydrogens (tertiary/aromatic N) is 1. The average Bonchev–Trinajstić information content (AvgIpc) is 3.04. The third-order valence-corrected chi connectivity index (χ3v) is 3.69. The summed E-state index contributed by atoms with van der Waals surface area (Å²) in [4.78, 5) is 15.8. The lowest BCUT2D eigenvalue weighted by atomic mass is 9.95. The smallest absolute Gasteiger partial charge is 0.225 e. The quantitative estimate of drug-likeness (QED) is 0.763. The second-order valence-electron chi connectivity index (χ2n) is 5.14. The molecule has 0 bridgehead atoms. The van der Waals surface area contributed by atoms with E-state index in [1.54, 1.807) is 6.07 Å². The minimum Gasteiger partial charge on any atom is -0.438 e. The molecule has 3 atom stereocenters. The van der Waals surface area contributed by atoms with Crippen molar-refractivity contribution in [2.75, 3.05) is 6.54 Å². The van der Waals surface area contributed by atoms with Gasteiger partial charge in [-0.05, 0) is 25.0 Å². The highest BCUT2D eigenvalue weighted by molar-refractivity contribution is 5.80. The summed E-state index contributed by atoms with van der Waals surface area (Å²) in [5, 5.41) is 13.0. The van der Waals surface area contributed by atoms with Gasteiger partial charge < -0.3 is 20.6 Å². The first-order valence-corrected chi connectivity index (χ1v) is 6.72. The van der Waals surface area contributed by atoms with Gasteiger partial charge in [0.2, 0.25) is 11.8 Å². The fourth-order valence-electron chi connectivity index (χ4n) is 2.53. The average molecular weight is 275 g/mol. The number of para-hydroxylation sites is 2. The van der Waals surface area contributed by atoms with Gasteiger partial charge in [-0.25, -0.2) is 4.98 Å². The number of nitrogens with one attached hydrogen (secondary N) is 1. The van der Waals surface area contributed by atoms with Gasteiger partial charge in [0.1, 0.15) is 11.6 Å². The predicted molar refractivity (Wildman–Crippen MR) is 72.7 cm³/mol. The summed E-state index contributed by atoms with van der Waals surface area (Å²) in [7, 11) is 0. The number of benzene rings is 1. The molecular weight excluding hydrogens is 258 g/mol. The molecule has 4 N–H and O–H groups in total. The standard InChI is InChI=1S/C14H17N3O3/c15-9(7-8-5-6-16-13(8)19)12(18)14-17-10-3-1-2-4-11(10)20-14/h1-4,8-9,12,18H,5-7,15H2,(H,16,19)/t8-,9?,12?/m0/s1. The molecule has 2 unspecified atom stereocenters. The molecule has 1 aromatic carbocycles. The van der Waals surface area contributed by atoms with Crippen LogP contribution in [0, 0.1) is 5.92 Å². The lowest BCUT2D eigenvalue weighted by molar-refractivity contribution is -0.122. The Kier molecular flexibility index (Phi) is 3.42. The Morgan fingerprint density at radius 1 is 1.50 bits per heavy atom. The van der Waals surface area contributed by atoms with Crippen molar-refractivity contribution < 1.29 is 14.3 Å². The van der Waals surface area contributed by atoms with E-state index in [0.29, 0.717) is 24.1 Å². The van der Waals surface area contributed by atoms with Gasteiger partial charge in [-0.15, -0.1) is 0 Å². The van der Waals surface area contributed by atoms with Crippen molar-refractivity contribution >= 4 is 17.0 Å². The van der Waals surface area contributed by atoms with Crippen molar-refractivity contribution in [3.63, 3.8) is 0 Å². The van der Waals surface area contributed by atoms with E-state index in [1.807, 2.05) is 18.2 Å². The third kappa shape index (κ3) is 2.39. The van der Waals surface area contributed by atoms with Gasteiger partial charge in [0, 0.05) is 18.5 Å². The first-order valence-electron chi connectivity index (χ1n) is 6.72. The zero-order valence-corrected chi connectivity index (χ0v) is 11.0. The van der Waals surface area contributed by atoms with Crippen LogP contribution in [0.25, 0.3) is 11.1 Å². The Balaban J connectivity index is 1.73. The number of hydrogen-bond donors (Lipinski definition) is 3. The molecule has 106 valence electrons. The number of hydrogen-bond acceptors (Lipinski definition) is 5. The zero-order chi connectivity index (χ0) is 14.1. The number of amides is 1. The van der Waals surface area contributed by atoms with E-state index < -0.39 is 12.1 Å². The lowest BCUT2D eigenvalue weighted by Gasteiger charge is -2.18. The number of aliphatic hydroxyl groups is 1. The summed E-state index contributed by atoms with van der Waals surface area (Å²) >= 11 is 0. The number of aromatic nitrogens is 1. The van der Waals surface area contributed by atoms with E-state index in [0.717, 1.165) is 6.42 Å². The molecule has 0 saturated carbocycles. The number of oxazole rings is 1. The number of fused-ring (bicyclic) bond motifs is 1. The molecule has 1 aliphatic rings. The normalized spacial score (nSPS) is 21.9. The van der Waals surface area contributed by atoms with E-state index in [-0.39, 0.29) is 17.7 Å². The molecule has 6 heteroatoms. The third-order valence-electron chi connectivity index (χ3n) is 3.69. The number of nitrogens with two attached hydrogens (primary N) is 1. The second kappa shape index (κ2) is 5.22. The van der Waals surface area contributed by atoms with Crippen LogP contribution in [0.3, 0.4) is 0 Å². The molecule has 1 aromatic heterocycles. The van der Waals surface area contributed by atoms with Crippen molar-refractivity contribution in [1.82, 2.24) is 10.3 Å². The molecule has 0 spiro atoms. The molecule has 1 fully saturated rings. The summed E-state index contributed by atoms with van der Waals surface area (Å²) in [5.74, 6) is 0.0753. The van der Waals surface area contributed by atoms with E-state index in [1.165, 1.54) is 0 Å². The largest absolute Gasteiger partial charge is 0.438 e. The summed E-state index contributed by atoms with van der Waals surface area (Å²) in [6.45, 7) is 0.676. The first-order chi connectivity index (χ1) is 9.65. The Hall–Kier alpha value is -1.92. The summed E-state index contributed by atoms with van der Waals surface area (Å²) < 4.78 is 5.50. The fourth-order valence-corrected chi connectivity index (χ4v) is 2.53. The van der Waals surface area contributed by atoms with Crippen molar-refractivity contribution in [3.05, 3.63) is 30.2 Å². The number of aliphatic hydroxyl groups excluding tert-OH is 1. The van der Waals surface area contributed by atoms with Crippen LogP contribution < -0.4 is 11.1 Å². The van der Waals surface area contributed by atoms with E-state index in [2.05, 4.69) is 10.3 Å². The van der Waals surface area contributed by atoms with Crippen LogP contribution in [0.2, 0.25) is 0 Å². The van der Waals surface area contributed by atoms with Gasteiger partial charge in [-0.3, -0.25) is 4.79 Å². The zero-order valence-electron chi connectivity index (χ0n) is 11.0. The van der Waals surface area contributed by atoms with Crippen molar-refractivity contribution in [3.8, 4) is 0 Å².